The molecule has 0 unspecified atom stereocenters. The lowest BCUT2D eigenvalue weighted by Gasteiger charge is -2.06. The molecule has 3 N–H and O–H groups in total. The summed E-state index contributed by atoms with van der Waals surface area (Å²) in [5, 5.41) is 2.87. The Bertz CT molecular complexity index is 1300. The van der Waals surface area contributed by atoms with Crippen LogP contribution in [-0.4, -0.2) is 16.7 Å². The Morgan fingerprint density at radius 1 is 0.824 bits per heavy atom. The lowest BCUT2D eigenvalue weighted by Crippen LogP contribution is -2.20. The Morgan fingerprint density at radius 3 is 2.24 bits per heavy atom. The summed E-state index contributed by atoms with van der Waals surface area (Å²) in [6, 6.07) is 29.0. The number of pyridine rings is 1. The molecule has 0 fully saturated rings. The minimum absolute atomic E-state index is 0.0310. The van der Waals surface area contributed by atoms with Crippen molar-refractivity contribution in [1.82, 2.24) is 10.3 Å². The molecule has 34 heavy (non-hydrogen) atoms. The molecule has 3 aromatic carbocycles. The second-order valence-electron chi connectivity index (χ2n) is 7.88. The van der Waals surface area contributed by atoms with Crippen LogP contribution in [0.5, 0.6) is 0 Å². The number of anilines is 1. The number of benzene rings is 3. The monoisotopic (exact) mass is 447 g/mol. The van der Waals surface area contributed by atoms with Crippen LogP contribution in [0.3, 0.4) is 0 Å². The molecule has 0 aliphatic carbocycles. The van der Waals surface area contributed by atoms with Crippen LogP contribution < -0.4 is 11.1 Å². The van der Waals surface area contributed by atoms with Crippen LogP contribution in [0.1, 0.15) is 27.0 Å². The van der Waals surface area contributed by atoms with Crippen molar-refractivity contribution in [3.05, 3.63) is 126 Å². The van der Waals surface area contributed by atoms with Gasteiger partial charge in [0.05, 0.1) is 0 Å². The predicted octanol–water partition coefficient (Wildman–Crippen LogP) is 5.09. The fourth-order valence-electron chi connectivity index (χ4n) is 3.52. The maximum atomic E-state index is 12.5. The average Bonchev–Trinajstić information content (AvgIpc) is 2.88. The van der Waals surface area contributed by atoms with E-state index in [4.69, 9.17) is 5.73 Å². The topological polar surface area (TPSA) is 85.1 Å². The number of amides is 1. The van der Waals surface area contributed by atoms with E-state index in [9.17, 15) is 9.59 Å². The largest absolute Gasteiger partial charge is 0.383 e. The second kappa shape index (κ2) is 10.9. The highest BCUT2D eigenvalue weighted by Gasteiger charge is 2.10. The number of Topliss-reactive ketones (excluding diaryl/α,β-unsaturated/α-hetero) is 1. The number of nitrogen functional groups attached to an aromatic ring is 1. The van der Waals surface area contributed by atoms with Crippen molar-refractivity contribution in [3.63, 3.8) is 0 Å². The molecule has 0 aliphatic rings. The average molecular weight is 448 g/mol. The first-order chi connectivity index (χ1) is 16.6. The minimum atomic E-state index is -0.181. The molecule has 0 aliphatic heterocycles. The maximum absolute atomic E-state index is 12.5. The number of ketones is 1. The summed E-state index contributed by atoms with van der Waals surface area (Å²) in [7, 11) is 0. The highest BCUT2D eigenvalue weighted by atomic mass is 16.1. The summed E-state index contributed by atoms with van der Waals surface area (Å²) >= 11 is 0. The first kappa shape index (κ1) is 22.7. The van der Waals surface area contributed by atoms with Crippen LogP contribution >= 0.6 is 0 Å². The second-order valence-corrected chi connectivity index (χ2v) is 7.88. The molecular weight excluding hydrogens is 422 g/mol. The normalized spacial score (nSPS) is 10.8. The van der Waals surface area contributed by atoms with E-state index in [1.807, 2.05) is 54.6 Å². The smallest absolute Gasteiger partial charge is 0.244 e. The number of aromatic nitrogens is 1. The number of carbonyl (C=O) groups excluding carboxylic acids is 2. The molecule has 0 spiro atoms. The van der Waals surface area contributed by atoms with Gasteiger partial charge in [0.1, 0.15) is 5.82 Å². The van der Waals surface area contributed by atoms with Crippen LogP contribution in [0, 0.1) is 0 Å². The predicted molar refractivity (Wildman–Crippen MR) is 136 cm³/mol. The minimum Gasteiger partial charge on any atom is -0.383 e. The zero-order valence-corrected chi connectivity index (χ0v) is 18.6. The van der Waals surface area contributed by atoms with Gasteiger partial charge < -0.3 is 11.1 Å². The lowest BCUT2D eigenvalue weighted by atomic mass is 10.0. The first-order valence-electron chi connectivity index (χ1n) is 11.0. The Hall–Kier alpha value is -4.51. The van der Waals surface area contributed by atoms with Gasteiger partial charge in [0.15, 0.2) is 5.78 Å². The summed E-state index contributed by atoms with van der Waals surface area (Å²) < 4.78 is 0. The third-order valence-corrected chi connectivity index (χ3v) is 5.46. The Kier molecular flexibility index (Phi) is 7.25. The first-order valence-corrected chi connectivity index (χ1v) is 11.0. The van der Waals surface area contributed by atoms with E-state index in [2.05, 4.69) is 22.4 Å². The summed E-state index contributed by atoms with van der Waals surface area (Å²) in [6.45, 7) is 0.375. The summed E-state index contributed by atoms with van der Waals surface area (Å²) in [6.07, 6.45) is 5.11. The number of hydrogen-bond donors (Lipinski definition) is 2. The van der Waals surface area contributed by atoms with E-state index < -0.39 is 0 Å². The molecule has 5 nitrogen and oxygen atoms in total. The number of rotatable bonds is 8. The van der Waals surface area contributed by atoms with Crippen molar-refractivity contribution in [2.45, 2.75) is 13.0 Å². The summed E-state index contributed by atoms with van der Waals surface area (Å²) in [4.78, 5) is 28.7. The van der Waals surface area contributed by atoms with Crippen molar-refractivity contribution in [2.24, 2.45) is 0 Å². The zero-order chi connectivity index (χ0) is 23.8. The van der Waals surface area contributed by atoms with Crippen molar-refractivity contribution >= 4 is 23.6 Å². The zero-order valence-electron chi connectivity index (χ0n) is 18.6. The van der Waals surface area contributed by atoms with Crippen LogP contribution in [-0.2, 0) is 17.8 Å². The van der Waals surface area contributed by atoms with Crippen LogP contribution in [0.2, 0.25) is 0 Å². The van der Waals surface area contributed by atoms with Gasteiger partial charge in [-0.15, -0.1) is 0 Å². The van der Waals surface area contributed by atoms with E-state index in [1.165, 1.54) is 6.08 Å². The molecule has 168 valence electrons. The molecule has 0 atom stereocenters. The van der Waals surface area contributed by atoms with Crippen molar-refractivity contribution in [1.29, 1.82) is 0 Å². The highest BCUT2D eigenvalue weighted by molar-refractivity contribution is 5.98. The Balaban J connectivity index is 1.28. The van der Waals surface area contributed by atoms with E-state index >= 15 is 0 Å². The number of nitrogens with one attached hydrogen (secondary N) is 1. The van der Waals surface area contributed by atoms with Crippen LogP contribution in [0.4, 0.5) is 5.82 Å². The molecule has 0 saturated carbocycles. The van der Waals surface area contributed by atoms with Gasteiger partial charge in [0.2, 0.25) is 5.91 Å². The quantitative estimate of drug-likeness (QED) is 0.291. The number of nitrogens with two attached hydrogens (primary N) is 1. The third-order valence-electron chi connectivity index (χ3n) is 5.46. The third kappa shape index (κ3) is 6.04. The van der Waals surface area contributed by atoms with E-state index in [1.54, 1.807) is 36.5 Å². The lowest BCUT2D eigenvalue weighted by molar-refractivity contribution is -0.116. The molecule has 0 saturated heterocycles. The molecule has 1 aromatic heterocycles. The Morgan fingerprint density at radius 2 is 1.53 bits per heavy atom. The standard InChI is InChI=1S/C29H25N3O2/c30-29-26(7-4-18-31-29)19-27(33)25-15-10-22(11-16-25)20-32-28(34)17-12-21-8-13-24(14-9-21)23-5-2-1-3-6-23/h1-18H,19-20H2,(H2,30,31)(H,32,34)/b17-12+. The van der Waals surface area contributed by atoms with Gasteiger partial charge in [-0.25, -0.2) is 4.98 Å². The van der Waals surface area contributed by atoms with Crippen molar-refractivity contribution in [2.75, 3.05) is 5.73 Å². The summed E-state index contributed by atoms with van der Waals surface area (Å²) in [5.74, 6) is 0.159. The fraction of sp³-hybridized carbons (Fsp3) is 0.0690. The van der Waals surface area contributed by atoms with Crippen LogP contribution in [0.25, 0.3) is 17.2 Å². The van der Waals surface area contributed by atoms with Gasteiger partial charge in [-0.05, 0) is 34.4 Å². The van der Waals surface area contributed by atoms with Gasteiger partial charge in [0.25, 0.3) is 0 Å². The highest BCUT2D eigenvalue weighted by Crippen LogP contribution is 2.19. The fourth-order valence-corrected chi connectivity index (χ4v) is 3.52. The molecular formula is C29H25N3O2. The number of nitrogens with zero attached hydrogens (tertiary/aromatic N) is 1. The SMILES string of the molecule is Nc1ncccc1CC(=O)c1ccc(CNC(=O)/C=C/c2ccc(-c3ccccc3)cc2)cc1. The molecule has 0 radical (unpaired) electrons. The molecule has 4 aromatic rings. The molecule has 4 rings (SSSR count). The van der Waals surface area contributed by atoms with Crippen molar-refractivity contribution in [3.8, 4) is 11.1 Å². The number of hydrogen-bond acceptors (Lipinski definition) is 4. The Labute approximate surface area is 199 Å². The van der Waals surface area contributed by atoms with Gasteiger partial charge in [0, 0.05) is 36.4 Å². The maximum Gasteiger partial charge on any atom is 0.244 e. The molecule has 0 bridgehead atoms. The van der Waals surface area contributed by atoms with Gasteiger partial charge in [-0.3, -0.25) is 9.59 Å². The molecule has 5 heteroatoms. The number of carbonyl (C=O) groups is 2. The van der Waals surface area contributed by atoms with Gasteiger partial charge in [-0.1, -0.05) is 84.9 Å². The van der Waals surface area contributed by atoms with Gasteiger partial charge in [-0.2, -0.15) is 0 Å². The summed E-state index contributed by atoms with van der Waals surface area (Å²) in [5.41, 5.74) is 11.3. The van der Waals surface area contributed by atoms with E-state index in [0.717, 1.165) is 22.3 Å². The van der Waals surface area contributed by atoms with E-state index in [0.29, 0.717) is 23.5 Å². The molecule has 1 amide bonds. The molecule has 1 heterocycles. The van der Waals surface area contributed by atoms with Crippen LogP contribution in [0.15, 0.2) is 103 Å². The van der Waals surface area contributed by atoms with E-state index in [-0.39, 0.29) is 18.1 Å². The van der Waals surface area contributed by atoms with Crippen molar-refractivity contribution < 1.29 is 9.59 Å². The van der Waals surface area contributed by atoms with Gasteiger partial charge >= 0.3 is 0 Å².